The fourth-order valence-corrected chi connectivity index (χ4v) is 2.09. The lowest BCUT2D eigenvalue weighted by atomic mass is 10.3. The van der Waals surface area contributed by atoms with Crippen molar-refractivity contribution in [1.29, 1.82) is 0 Å². The van der Waals surface area contributed by atoms with Crippen LogP contribution >= 0.6 is 11.6 Å². The van der Waals surface area contributed by atoms with Gasteiger partial charge in [-0.25, -0.2) is 4.39 Å². The van der Waals surface area contributed by atoms with Crippen LogP contribution in [-0.2, 0) is 4.79 Å². The fourth-order valence-electron chi connectivity index (χ4n) is 1.91. The molecule has 1 aliphatic carbocycles. The predicted molar refractivity (Wildman–Crippen MR) is 70.3 cm³/mol. The second-order valence-electron chi connectivity index (χ2n) is 4.39. The van der Waals surface area contributed by atoms with E-state index >= 15 is 0 Å². The number of nitrogens with one attached hydrogen (secondary N) is 1. The van der Waals surface area contributed by atoms with Crippen molar-refractivity contribution in [1.82, 2.24) is 4.90 Å². The minimum Gasteiger partial charge on any atom is -0.376 e. The third-order valence-electron chi connectivity index (χ3n) is 3.01. The molecule has 1 N–H and O–H groups in total. The van der Waals surface area contributed by atoms with E-state index in [1.807, 2.05) is 11.8 Å². The number of hydrogen-bond donors (Lipinski definition) is 1. The molecule has 5 heteroatoms. The van der Waals surface area contributed by atoms with Crippen LogP contribution in [0.5, 0.6) is 0 Å². The SMILES string of the molecule is CCN(C(=O)CNc1ccc(F)c(Cl)c1)C1CC1. The Labute approximate surface area is 111 Å². The van der Waals surface area contributed by atoms with Crippen LogP contribution in [0.4, 0.5) is 10.1 Å². The zero-order chi connectivity index (χ0) is 13.1. The smallest absolute Gasteiger partial charge is 0.242 e. The van der Waals surface area contributed by atoms with Crippen LogP contribution in [-0.4, -0.2) is 29.9 Å². The molecule has 1 aromatic carbocycles. The van der Waals surface area contributed by atoms with Gasteiger partial charge in [0, 0.05) is 18.3 Å². The predicted octanol–water partition coefficient (Wildman–Crippen LogP) is 2.90. The number of hydrogen-bond acceptors (Lipinski definition) is 2. The van der Waals surface area contributed by atoms with Crippen molar-refractivity contribution in [2.24, 2.45) is 0 Å². The number of halogens is 2. The van der Waals surface area contributed by atoms with Crippen LogP contribution < -0.4 is 5.32 Å². The summed E-state index contributed by atoms with van der Waals surface area (Å²) in [5, 5.41) is 3.02. The maximum atomic E-state index is 13.0. The van der Waals surface area contributed by atoms with Gasteiger partial charge in [0.05, 0.1) is 11.6 Å². The Morgan fingerprint density at radius 1 is 1.56 bits per heavy atom. The summed E-state index contributed by atoms with van der Waals surface area (Å²) in [5.41, 5.74) is 0.654. The summed E-state index contributed by atoms with van der Waals surface area (Å²) >= 11 is 5.67. The molecule has 1 aromatic rings. The molecule has 1 fully saturated rings. The quantitative estimate of drug-likeness (QED) is 0.892. The molecule has 0 radical (unpaired) electrons. The van der Waals surface area contributed by atoms with Gasteiger partial charge in [0.25, 0.3) is 0 Å². The Morgan fingerprint density at radius 3 is 2.83 bits per heavy atom. The molecule has 0 aromatic heterocycles. The largest absolute Gasteiger partial charge is 0.376 e. The first kappa shape index (κ1) is 13.1. The summed E-state index contributed by atoms with van der Waals surface area (Å²) in [6.07, 6.45) is 2.20. The second-order valence-corrected chi connectivity index (χ2v) is 4.80. The van der Waals surface area contributed by atoms with Gasteiger partial charge in [0.1, 0.15) is 5.82 Å². The monoisotopic (exact) mass is 270 g/mol. The first-order valence-corrected chi connectivity index (χ1v) is 6.48. The Kier molecular flexibility index (Phi) is 4.07. The molecule has 0 atom stereocenters. The molecule has 0 bridgehead atoms. The molecule has 1 saturated carbocycles. The summed E-state index contributed by atoms with van der Waals surface area (Å²) < 4.78 is 13.0. The van der Waals surface area contributed by atoms with E-state index in [0.717, 1.165) is 19.4 Å². The maximum Gasteiger partial charge on any atom is 0.242 e. The van der Waals surface area contributed by atoms with E-state index < -0.39 is 5.82 Å². The van der Waals surface area contributed by atoms with Gasteiger partial charge in [0.2, 0.25) is 5.91 Å². The Hall–Kier alpha value is -1.29. The van der Waals surface area contributed by atoms with E-state index in [-0.39, 0.29) is 17.5 Å². The van der Waals surface area contributed by atoms with Gasteiger partial charge >= 0.3 is 0 Å². The van der Waals surface area contributed by atoms with Crippen LogP contribution in [0.1, 0.15) is 19.8 Å². The first-order valence-electron chi connectivity index (χ1n) is 6.10. The molecule has 0 heterocycles. The number of benzene rings is 1. The van der Waals surface area contributed by atoms with Crippen molar-refractivity contribution >= 4 is 23.2 Å². The van der Waals surface area contributed by atoms with Crippen LogP contribution in [0.25, 0.3) is 0 Å². The standard InChI is InChI=1S/C13H16ClFN2O/c1-2-17(10-4-5-10)13(18)8-16-9-3-6-12(15)11(14)7-9/h3,6-7,10,16H,2,4-5,8H2,1H3. The van der Waals surface area contributed by atoms with Crippen LogP contribution in [0.3, 0.4) is 0 Å². The Morgan fingerprint density at radius 2 is 2.28 bits per heavy atom. The Balaban J connectivity index is 1.90. The fraction of sp³-hybridized carbons (Fsp3) is 0.462. The van der Waals surface area contributed by atoms with Crippen molar-refractivity contribution in [3.05, 3.63) is 29.0 Å². The molecular weight excluding hydrogens is 255 g/mol. The van der Waals surface area contributed by atoms with Gasteiger partial charge in [0.15, 0.2) is 0 Å². The van der Waals surface area contributed by atoms with Gasteiger partial charge < -0.3 is 10.2 Å². The molecule has 0 unspecified atom stereocenters. The molecule has 3 nitrogen and oxygen atoms in total. The van der Waals surface area contributed by atoms with E-state index in [1.165, 1.54) is 12.1 Å². The van der Waals surface area contributed by atoms with Crippen LogP contribution in [0.2, 0.25) is 5.02 Å². The summed E-state index contributed by atoms with van der Waals surface area (Å²) in [5.74, 6) is -0.387. The third kappa shape index (κ3) is 3.13. The van der Waals surface area contributed by atoms with Gasteiger partial charge in [-0.05, 0) is 38.0 Å². The lowest BCUT2D eigenvalue weighted by molar-refractivity contribution is -0.129. The van der Waals surface area contributed by atoms with E-state index in [1.54, 1.807) is 6.07 Å². The third-order valence-corrected chi connectivity index (χ3v) is 3.30. The number of nitrogens with zero attached hydrogens (tertiary/aromatic N) is 1. The summed E-state index contributed by atoms with van der Waals surface area (Å²) in [4.78, 5) is 13.8. The highest BCUT2D eigenvalue weighted by atomic mass is 35.5. The lowest BCUT2D eigenvalue weighted by Crippen LogP contribution is -2.37. The van der Waals surface area contributed by atoms with Crippen LogP contribution in [0.15, 0.2) is 18.2 Å². The topological polar surface area (TPSA) is 32.3 Å². The second kappa shape index (κ2) is 5.57. The molecule has 18 heavy (non-hydrogen) atoms. The molecule has 1 aliphatic rings. The normalized spacial score (nSPS) is 14.4. The van der Waals surface area contributed by atoms with E-state index in [9.17, 15) is 9.18 Å². The highest BCUT2D eigenvalue weighted by Crippen LogP contribution is 2.26. The van der Waals surface area contributed by atoms with E-state index in [2.05, 4.69) is 5.32 Å². The summed E-state index contributed by atoms with van der Waals surface area (Å²) in [7, 11) is 0. The average molecular weight is 271 g/mol. The summed E-state index contributed by atoms with van der Waals surface area (Å²) in [6, 6.07) is 4.76. The minimum absolute atomic E-state index is 0.0574. The van der Waals surface area contributed by atoms with Gasteiger partial charge in [-0.3, -0.25) is 4.79 Å². The first-order chi connectivity index (χ1) is 8.61. The number of amides is 1. The van der Waals surface area contributed by atoms with Crippen molar-refractivity contribution in [3.8, 4) is 0 Å². The highest BCUT2D eigenvalue weighted by Gasteiger charge is 2.30. The molecule has 98 valence electrons. The van der Waals surface area contributed by atoms with Crippen molar-refractivity contribution in [3.63, 3.8) is 0 Å². The van der Waals surface area contributed by atoms with E-state index in [4.69, 9.17) is 11.6 Å². The van der Waals surface area contributed by atoms with Gasteiger partial charge in [-0.2, -0.15) is 0 Å². The zero-order valence-electron chi connectivity index (χ0n) is 10.2. The van der Waals surface area contributed by atoms with Crippen molar-refractivity contribution in [2.75, 3.05) is 18.4 Å². The van der Waals surface area contributed by atoms with E-state index in [0.29, 0.717) is 11.7 Å². The number of carbonyl (C=O) groups excluding carboxylic acids is 1. The van der Waals surface area contributed by atoms with Crippen LogP contribution in [0, 0.1) is 5.82 Å². The maximum absolute atomic E-state index is 13.0. The number of carbonyl (C=O) groups is 1. The van der Waals surface area contributed by atoms with Crippen molar-refractivity contribution < 1.29 is 9.18 Å². The Bertz CT molecular complexity index is 449. The molecule has 1 amide bonds. The molecule has 0 aliphatic heterocycles. The van der Waals surface area contributed by atoms with Crippen molar-refractivity contribution in [2.45, 2.75) is 25.8 Å². The highest BCUT2D eigenvalue weighted by molar-refractivity contribution is 6.31. The molecular formula is C13H16ClFN2O. The number of anilines is 1. The van der Waals surface area contributed by atoms with Gasteiger partial charge in [-0.15, -0.1) is 0 Å². The number of likely N-dealkylation sites (N-methyl/N-ethyl adjacent to an activating group) is 1. The zero-order valence-corrected chi connectivity index (χ0v) is 11.0. The minimum atomic E-state index is -0.457. The molecule has 2 rings (SSSR count). The number of rotatable bonds is 5. The molecule has 0 saturated heterocycles. The lowest BCUT2D eigenvalue weighted by Gasteiger charge is -2.20. The van der Waals surface area contributed by atoms with Gasteiger partial charge in [-0.1, -0.05) is 11.6 Å². The molecule has 0 spiro atoms. The summed E-state index contributed by atoms with van der Waals surface area (Å²) in [6.45, 7) is 2.92. The average Bonchev–Trinajstić information content (AvgIpc) is 3.16.